The maximum Gasteiger partial charge on any atom is 0.222 e. The molecule has 1 atom stereocenters. The summed E-state index contributed by atoms with van der Waals surface area (Å²) < 4.78 is 5.37. The molecular formula is C13H23BrN2O2. The van der Waals surface area contributed by atoms with Crippen molar-refractivity contribution in [2.24, 2.45) is 0 Å². The minimum atomic E-state index is 0.340. The number of likely N-dealkylation sites (tertiary alicyclic amines) is 1. The van der Waals surface area contributed by atoms with Crippen LogP contribution in [-0.2, 0) is 9.53 Å². The number of carbonyl (C=O) groups is 1. The van der Waals surface area contributed by atoms with Crippen LogP contribution in [0.3, 0.4) is 0 Å². The highest BCUT2D eigenvalue weighted by molar-refractivity contribution is 9.09. The number of hydrogen-bond acceptors (Lipinski definition) is 3. The monoisotopic (exact) mass is 318 g/mol. The lowest BCUT2D eigenvalue weighted by Crippen LogP contribution is -2.45. The summed E-state index contributed by atoms with van der Waals surface area (Å²) in [5.74, 6) is 0.340. The number of hydrogen-bond donors (Lipinski definition) is 0. The molecule has 0 saturated carbocycles. The van der Waals surface area contributed by atoms with Crippen LogP contribution < -0.4 is 0 Å². The molecule has 2 saturated heterocycles. The maximum absolute atomic E-state index is 12.0. The lowest BCUT2D eigenvalue weighted by Gasteiger charge is -2.32. The normalized spacial score (nSPS) is 25.6. The van der Waals surface area contributed by atoms with Gasteiger partial charge in [0.1, 0.15) is 0 Å². The molecule has 2 aliphatic rings. The first kappa shape index (κ1) is 14.3. The summed E-state index contributed by atoms with van der Waals surface area (Å²) >= 11 is 3.40. The summed E-state index contributed by atoms with van der Waals surface area (Å²) in [6.45, 7) is 5.60. The van der Waals surface area contributed by atoms with Crippen LogP contribution >= 0.6 is 15.9 Å². The Bertz CT molecular complexity index is 270. The molecule has 5 heteroatoms. The maximum atomic E-state index is 12.0. The van der Waals surface area contributed by atoms with E-state index in [1.807, 2.05) is 4.90 Å². The predicted molar refractivity (Wildman–Crippen MR) is 75.0 cm³/mol. The number of nitrogens with zero attached hydrogens (tertiary/aromatic N) is 2. The Hall–Kier alpha value is -0.130. The van der Waals surface area contributed by atoms with Gasteiger partial charge in [0.2, 0.25) is 5.91 Å². The Balaban J connectivity index is 1.71. The molecule has 0 radical (unpaired) electrons. The van der Waals surface area contributed by atoms with Gasteiger partial charge in [0, 0.05) is 44.0 Å². The third-order valence-corrected chi connectivity index (χ3v) is 4.41. The minimum Gasteiger partial charge on any atom is -0.379 e. The van der Waals surface area contributed by atoms with Crippen LogP contribution in [0.25, 0.3) is 0 Å². The molecule has 0 spiro atoms. The van der Waals surface area contributed by atoms with Crippen molar-refractivity contribution >= 4 is 21.8 Å². The number of rotatable bonds is 5. The van der Waals surface area contributed by atoms with Crippen molar-refractivity contribution in [1.29, 1.82) is 0 Å². The zero-order valence-electron chi connectivity index (χ0n) is 10.9. The van der Waals surface area contributed by atoms with Crippen molar-refractivity contribution in [3.05, 3.63) is 0 Å². The van der Waals surface area contributed by atoms with E-state index in [9.17, 15) is 4.79 Å². The fraction of sp³-hybridized carbons (Fsp3) is 0.923. The second kappa shape index (κ2) is 7.46. The van der Waals surface area contributed by atoms with Crippen molar-refractivity contribution in [1.82, 2.24) is 9.80 Å². The van der Waals surface area contributed by atoms with Gasteiger partial charge in [-0.15, -0.1) is 0 Å². The van der Waals surface area contributed by atoms with Crippen LogP contribution in [0.4, 0.5) is 0 Å². The Morgan fingerprint density at radius 3 is 2.72 bits per heavy atom. The molecule has 0 N–H and O–H groups in total. The van der Waals surface area contributed by atoms with E-state index in [0.717, 1.165) is 64.0 Å². The fourth-order valence-corrected chi connectivity index (χ4v) is 3.13. The molecule has 2 rings (SSSR count). The van der Waals surface area contributed by atoms with E-state index in [-0.39, 0.29) is 0 Å². The molecular weight excluding hydrogens is 296 g/mol. The van der Waals surface area contributed by atoms with Gasteiger partial charge in [-0.25, -0.2) is 0 Å². The van der Waals surface area contributed by atoms with Crippen molar-refractivity contribution in [2.45, 2.75) is 31.7 Å². The molecule has 2 fully saturated rings. The molecule has 1 unspecified atom stereocenters. The van der Waals surface area contributed by atoms with Gasteiger partial charge in [0.05, 0.1) is 13.2 Å². The highest BCUT2D eigenvalue weighted by Gasteiger charge is 2.30. The van der Waals surface area contributed by atoms with E-state index >= 15 is 0 Å². The molecule has 18 heavy (non-hydrogen) atoms. The highest BCUT2D eigenvalue weighted by atomic mass is 79.9. The summed E-state index contributed by atoms with van der Waals surface area (Å²) in [6.07, 6.45) is 3.93. The Morgan fingerprint density at radius 1 is 1.22 bits per heavy atom. The number of morpholine rings is 1. The molecule has 2 heterocycles. The van der Waals surface area contributed by atoms with Crippen LogP contribution in [0.15, 0.2) is 0 Å². The Morgan fingerprint density at radius 2 is 2.00 bits per heavy atom. The molecule has 0 aromatic heterocycles. The van der Waals surface area contributed by atoms with Crippen molar-refractivity contribution in [3.63, 3.8) is 0 Å². The highest BCUT2D eigenvalue weighted by Crippen LogP contribution is 2.18. The summed E-state index contributed by atoms with van der Waals surface area (Å²) in [5, 5.41) is 0.997. The average molecular weight is 319 g/mol. The van der Waals surface area contributed by atoms with Crippen LogP contribution in [0.5, 0.6) is 0 Å². The van der Waals surface area contributed by atoms with Gasteiger partial charge in [0.15, 0.2) is 0 Å². The zero-order valence-corrected chi connectivity index (χ0v) is 12.5. The topological polar surface area (TPSA) is 32.8 Å². The first-order valence-electron chi connectivity index (χ1n) is 6.97. The molecule has 0 bridgehead atoms. The third-order valence-electron chi connectivity index (χ3n) is 3.85. The van der Waals surface area contributed by atoms with E-state index in [0.29, 0.717) is 18.4 Å². The SMILES string of the molecule is O=C(CCCCBr)N1CCC(N2CCOCC2)C1. The fourth-order valence-electron chi connectivity index (χ4n) is 2.74. The van der Waals surface area contributed by atoms with Crippen molar-refractivity contribution in [2.75, 3.05) is 44.7 Å². The van der Waals surface area contributed by atoms with E-state index in [1.54, 1.807) is 0 Å². The second-order valence-electron chi connectivity index (χ2n) is 5.08. The smallest absolute Gasteiger partial charge is 0.222 e. The summed E-state index contributed by atoms with van der Waals surface area (Å²) in [4.78, 5) is 16.5. The molecule has 4 nitrogen and oxygen atoms in total. The van der Waals surface area contributed by atoms with Crippen LogP contribution in [0.2, 0.25) is 0 Å². The van der Waals surface area contributed by atoms with E-state index < -0.39 is 0 Å². The predicted octanol–water partition coefficient (Wildman–Crippen LogP) is 1.48. The number of ether oxygens (including phenoxy) is 1. The standard InChI is InChI=1S/C13H23BrN2O2/c14-5-2-1-3-13(17)16-6-4-12(11-16)15-7-9-18-10-8-15/h12H,1-11H2. The van der Waals surface area contributed by atoms with Crippen LogP contribution in [-0.4, -0.2) is 66.5 Å². The van der Waals surface area contributed by atoms with E-state index in [1.165, 1.54) is 0 Å². The van der Waals surface area contributed by atoms with Gasteiger partial charge < -0.3 is 9.64 Å². The van der Waals surface area contributed by atoms with Gasteiger partial charge >= 0.3 is 0 Å². The lowest BCUT2D eigenvalue weighted by molar-refractivity contribution is -0.130. The quantitative estimate of drug-likeness (QED) is 0.568. The van der Waals surface area contributed by atoms with Crippen molar-refractivity contribution in [3.8, 4) is 0 Å². The Kier molecular flexibility index (Phi) is 5.92. The summed E-state index contributed by atoms with van der Waals surface area (Å²) in [5.41, 5.74) is 0. The van der Waals surface area contributed by atoms with Gasteiger partial charge in [0.25, 0.3) is 0 Å². The second-order valence-corrected chi connectivity index (χ2v) is 5.87. The zero-order chi connectivity index (χ0) is 12.8. The van der Waals surface area contributed by atoms with Gasteiger partial charge in [-0.1, -0.05) is 15.9 Å². The first-order valence-corrected chi connectivity index (χ1v) is 8.09. The summed E-state index contributed by atoms with van der Waals surface area (Å²) in [6, 6.07) is 0.564. The number of carbonyl (C=O) groups excluding carboxylic acids is 1. The van der Waals surface area contributed by atoms with Crippen molar-refractivity contribution < 1.29 is 9.53 Å². The van der Waals surface area contributed by atoms with E-state index in [2.05, 4.69) is 20.8 Å². The summed E-state index contributed by atoms with van der Waals surface area (Å²) in [7, 11) is 0. The molecule has 2 aliphatic heterocycles. The molecule has 1 amide bonds. The largest absolute Gasteiger partial charge is 0.379 e. The van der Waals surface area contributed by atoms with Gasteiger partial charge in [-0.05, 0) is 19.3 Å². The molecule has 0 aromatic rings. The number of unbranched alkanes of at least 4 members (excludes halogenated alkanes) is 1. The number of amides is 1. The number of halogens is 1. The number of alkyl halides is 1. The van der Waals surface area contributed by atoms with Crippen LogP contribution in [0, 0.1) is 0 Å². The molecule has 0 aliphatic carbocycles. The van der Waals surface area contributed by atoms with Gasteiger partial charge in [-0.2, -0.15) is 0 Å². The molecule has 0 aromatic carbocycles. The lowest BCUT2D eigenvalue weighted by atomic mass is 10.2. The van der Waals surface area contributed by atoms with Crippen LogP contribution in [0.1, 0.15) is 25.7 Å². The minimum absolute atomic E-state index is 0.340. The van der Waals surface area contributed by atoms with E-state index in [4.69, 9.17) is 4.74 Å². The molecule has 104 valence electrons. The Labute approximate surface area is 118 Å². The average Bonchev–Trinajstić information content (AvgIpc) is 2.89. The van der Waals surface area contributed by atoms with Gasteiger partial charge in [-0.3, -0.25) is 9.69 Å². The third kappa shape index (κ3) is 3.93. The first-order chi connectivity index (χ1) is 8.81.